The first-order valence-electron chi connectivity index (χ1n) is 0.639. The molecule has 7 heteroatoms. The van der Waals surface area contributed by atoms with Crippen LogP contribution in [-0.4, -0.2) is 43.5 Å². The van der Waals surface area contributed by atoms with E-state index in [9.17, 15) is 8.42 Å². The molecule has 0 aliphatic rings. The van der Waals surface area contributed by atoms with Gasteiger partial charge in [-0.3, -0.25) is 0 Å². The molecule has 0 aliphatic heterocycles. The molecule has 0 saturated heterocycles. The van der Waals surface area contributed by atoms with Gasteiger partial charge in [0.2, 0.25) is 0 Å². The minimum atomic E-state index is -3.03. The van der Waals surface area contributed by atoms with Crippen LogP contribution in [-0.2, 0) is 26.1 Å². The van der Waals surface area contributed by atoms with Gasteiger partial charge in [-0.2, -0.15) is 0 Å². The van der Waals surface area contributed by atoms with E-state index in [1.54, 1.807) is 0 Å². The minimum absolute atomic E-state index is 0. The van der Waals surface area contributed by atoms with E-state index in [1.807, 2.05) is 0 Å². The van der Waals surface area contributed by atoms with Crippen LogP contribution in [0.2, 0.25) is 0 Å². The molecule has 0 radical (unpaired) electrons. The summed E-state index contributed by atoms with van der Waals surface area (Å²) in [5.41, 5.74) is 0. The summed E-state index contributed by atoms with van der Waals surface area (Å²) >= 11 is 4.45. The molecule has 7 heavy (non-hydrogen) atoms. The summed E-state index contributed by atoms with van der Waals surface area (Å²) in [6, 6.07) is 0. The van der Waals surface area contributed by atoms with Gasteiger partial charge in [-0.05, 0) is 0 Å². The molecule has 0 fully saturated rings. The molecule has 0 heterocycles. The molecule has 0 unspecified atom stereocenters. The van der Waals surface area contributed by atoms with E-state index in [2.05, 4.69) is 11.7 Å². The van der Waals surface area contributed by atoms with E-state index in [-0.39, 0.29) is 35.0 Å². The van der Waals surface area contributed by atoms with Gasteiger partial charge in [-0.1, -0.05) is 0 Å². The van der Waals surface area contributed by atoms with E-state index in [1.165, 1.54) is 19.7 Å². The monoisotopic (exact) mass is 336 g/mol. The molecule has 0 atom stereocenters. The number of rotatable bonds is 0. The van der Waals surface area contributed by atoms with Crippen molar-refractivity contribution in [1.82, 2.24) is 0 Å². The molecule has 0 amide bonds. The fraction of sp³-hybridized carbons (Fsp3) is 0. The van der Waals surface area contributed by atoms with Crippen LogP contribution < -0.4 is 0 Å². The molecule has 2 N–H and O–H groups in total. The van der Waals surface area contributed by atoms with E-state index in [0.29, 0.717) is 0 Å². The zero-order valence-corrected chi connectivity index (χ0v) is 6.35. The van der Waals surface area contributed by atoms with Crippen molar-refractivity contribution in [2.24, 2.45) is 0 Å². The quantitative estimate of drug-likeness (QED) is 0.323. The van der Waals surface area contributed by atoms with Crippen molar-refractivity contribution in [2.45, 2.75) is 0 Å². The van der Waals surface area contributed by atoms with Crippen LogP contribution in [0.25, 0.3) is 0 Å². The van der Waals surface area contributed by atoms with Crippen LogP contribution in [0.15, 0.2) is 0 Å². The first-order chi connectivity index (χ1) is 2.00. The Morgan fingerprint density at radius 1 is 1.43 bits per heavy atom. The van der Waals surface area contributed by atoms with Gasteiger partial charge in [0.05, 0.1) is 0 Å². The topological polar surface area (TPSA) is 65.6 Å². The average Bonchev–Trinajstić information content (AvgIpc) is 0.722. The summed E-state index contributed by atoms with van der Waals surface area (Å²) < 4.78 is 18.9. The second-order valence-electron chi connectivity index (χ2n) is 0.373. The van der Waals surface area contributed by atoms with E-state index in [4.69, 9.17) is 0 Å². The van der Waals surface area contributed by atoms with Crippen LogP contribution in [0, 0.1) is 0 Å². The third-order valence-corrected chi connectivity index (χ3v) is 0. The zero-order valence-electron chi connectivity index (χ0n) is 2.47. The molecule has 0 spiro atoms. The van der Waals surface area contributed by atoms with Crippen molar-refractivity contribution in [2.75, 3.05) is 0 Å². The fourth-order valence-corrected chi connectivity index (χ4v) is 0. The van der Waals surface area contributed by atoms with E-state index < -0.39 is 6.33 Å². The van der Waals surface area contributed by atoms with Crippen LogP contribution in [0.5, 0.6) is 0 Å². The number of thiol groups is 1. The third kappa shape index (κ3) is 72.0. The van der Waals surface area contributed by atoms with E-state index >= 15 is 0 Å². The van der Waals surface area contributed by atoms with Crippen LogP contribution >= 0.6 is 11.7 Å². The SMILES string of the molecule is O.O=[S](=O)(S)[Au].[NaH]. The van der Waals surface area contributed by atoms with Crippen LogP contribution in [0.4, 0.5) is 0 Å². The second-order valence-corrected chi connectivity index (χ2v) is 8.07. The van der Waals surface area contributed by atoms with Crippen molar-refractivity contribution in [3.8, 4) is 0 Å². The van der Waals surface area contributed by atoms with Gasteiger partial charge in [0, 0.05) is 0 Å². The van der Waals surface area contributed by atoms with E-state index in [0.717, 1.165) is 0 Å². The fourth-order valence-electron chi connectivity index (χ4n) is 0. The van der Waals surface area contributed by atoms with Crippen molar-refractivity contribution in [3.05, 3.63) is 0 Å². The summed E-state index contributed by atoms with van der Waals surface area (Å²) in [4.78, 5) is 0. The molecule has 0 aliphatic carbocycles. The Bertz CT molecular complexity index is 96.1. The van der Waals surface area contributed by atoms with Gasteiger partial charge in [0.25, 0.3) is 0 Å². The number of hydrogen-bond acceptors (Lipinski definition) is 2. The molecule has 3 nitrogen and oxygen atoms in total. The Morgan fingerprint density at radius 2 is 1.43 bits per heavy atom. The van der Waals surface area contributed by atoms with Gasteiger partial charge in [0.1, 0.15) is 0 Å². The van der Waals surface area contributed by atoms with Crippen molar-refractivity contribution in [1.29, 1.82) is 0 Å². The zero-order chi connectivity index (χ0) is 4.50. The molecule has 0 saturated carbocycles. The van der Waals surface area contributed by atoms with Gasteiger partial charge in [-0.15, -0.1) is 0 Å². The predicted molar refractivity (Wildman–Crippen MR) is 28.7 cm³/mol. The van der Waals surface area contributed by atoms with Crippen molar-refractivity contribution < 1.29 is 33.6 Å². The predicted octanol–water partition coefficient (Wildman–Crippen LogP) is -1.77. The molecule has 0 aromatic carbocycles. The first-order valence-corrected chi connectivity index (χ1v) is 5.67. The molecular weight excluding hydrogens is 332 g/mol. The molecular formula is H4AuNaO3S2. The van der Waals surface area contributed by atoms with Gasteiger partial charge < -0.3 is 5.48 Å². The third-order valence-electron chi connectivity index (χ3n) is 0. The second kappa shape index (κ2) is 6.13. The van der Waals surface area contributed by atoms with Crippen molar-refractivity contribution in [3.63, 3.8) is 0 Å². The maximum atomic E-state index is 9.47. The Labute approximate surface area is 80.1 Å². The molecule has 0 rings (SSSR count). The molecule has 0 aromatic rings. The van der Waals surface area contributed by atoms with Gasteiger partial charge >= 0.3 is 75.7 Å². The first kappa shape index (κ1) is 16.0. The summed E-state index contributed by atoms with van der Waals surface area (Å²) in [5.74, 6) is 0. The van der Waals surface area contributed by atoms with Gasteiger partial charge in [0.15, 0.2) is 0 Å². The summed E-state index contributed by atoms with van der Waals surface area (Å²) in [5, 5.41) is 0. The molecule has 0 aromatic heterocycles. The Balaban J connectivity index is -0.0000000800. The summed E-state index contributed by atoms with van der Waals surface area (Å²) in [6.45, 7) is 0. The Kier molecular flexibility index (Phi) is 14.0. The summed E-state index contributed by atoms with van der Waals surface area (Å²) in [7, 11) is 0. The standard InChI is InChI=1S/Au.Na.HO2S2.H2O.H/c;;1-4(2)3;;/h;;(H,1,2,3);1H2;. The Morgan fingerprint density at radius 3 is 1.43 bits per heavy atom. The van der Waals surface area contributed by atoms with Crippen LogP contribution in [0.1, 0.15) is 0 Å². The summed E-state index contributed by atoms with van der Waals surface area (Å²) in [6.07, 6.45) is -3.03. The van der Waals surface area contributed by atoms with Crippen LogP contribution in [0.3, 0.4) is 0 Å². The molecule has 46 valence electrons. The average molecular weight is 336 g/mol. The van der Waals surface area contributed by atoms with Gasteiger partial charge in [-0.25, -0.2) is 0 Å². The van der Waals surface area contributed by atoms with Crippen molar-refractivity contribution >= 4 is 47.6 Å². The number of hydrogen-bond donors (Lipinski definition) is 1. The normalized spacial score (nSPS) is 8.43. The molecule has 0 bridgehead atoms. The Hall–Kier alpha value is 2.00. The maximum absolute atomic E-state index is 9.47.